The molecule has 4 nitrogen and oxygen atoms in total. The minimum absolute atomic E-state index is 0.125. The van der Waals surface area contributed by atoms with Crippen LogP contribution in [0.25, 0.3) is 0 Å². The van der Waals surface area contributed by atoms with Gasteiger partial charge in [0.25, 0.3) is 0 Å². The zero-order chi connectivity index (χ0) is 11.7. The molecule has 0 radical (unpaired) electrons. The minimum Gasteiger partial charge on any atom is -0.373 e. The summed E-state index contributed by atoms with van der Waals surface area (Å²) in [7, 11) is -3.26. The van der Waals surface area contributed by atoms with Gasteiger partial charge in [-0.05, 0) is 20.8 Å². The highest BCUT2D eigenvalue weighted by molar-refractivity contribution is 7.89. The van der Waals surface area contributed by atoms with Crippen LogP contribution in [0.5, 0.6) is 0 Å². The van der Waals surface area contributed by atoms with Crippen LogP contribution in [-0.2, 0) is 14.8 Å². The van der Waals surface area contributed by atoms with E-state index < -0.39 is 20.9 Å². The van der Waals surface area contributed by atoms with Crippen molar-refractivity contribution in [2.75, 3.05) is 25.6 Å². The Labute approximate surface area is 96.6 Å². The summed E-state index contributed by atoms with van der Waals surface area (Å²) in [5.74, 6) is 0.125. The van der Waals surface area contributed by atoms with E-state index in [0.717, 1.165) is 0 Å². The lowest BCUT2D eigenvalue weighted by molar-refractivity contribution is -0.0641. The molecule has 0 spiro atoms. The molecule has 1 fully saturated rings. The van der Waals surface area contributed by atoms with Gasteiger partial charge in [-0.1, -0.05) is 0 Å². The molecule has 1 aliphatic heterocycles. The SMILES string of the molecule is CC(CCl)S(=O)(=O)N1CCOC(C)(C)C1. The van der Waals surface area contributed by atoms with Crippen LogP contribution in [-0.4, -0.2) is 49.2 Å². The molecule has 15 heavy (non-hydrogen) atoms. The fraction of sp³-hybridized carbons (Fsp3) is 1.00. The summed E-state index contributed by atoms with van der Waals surface area (Å²) in [6, 6.07) is 0. The van der Waals surface area contributed by atoms with E-state index in [1.165, 1.54) is 4.31 Å². The van der Waals surface area contributed by atoms with Gasteiger partial charge in [0.1, 0.15) is 0 Å². The number of hydrogen-bond acceptors (Lipinski definition) is 3. The van der Waals surface area contributed by atoms with Gasteiger partial charge in [0.05, 0.1) is 17.5 Å². The van der Waals surface area contributed by atoms with Crippen LogP contribution in [0.1, 0.15) is 20.8 Å². The van der Waals surface area contributed by atoms with E-state index in [0.29, 0.717) is 19.7 Å². The summed E-state index contributed by atoms with van der Waals surface area (Å²) in [6.45, 7) is 6.68. The van der Waals surface area contributed by atoms with E-state index in [-0.39, 0.29) is 5.88 Å². The van der Waals surface area contributed by atoms with Gasteiger partial charge in [-0.3, -0.25) is 0 Å². The first-order valence-electron chi connectivity index (χ1n) is 4.98. The van der Waals surface area contributed by atoms with E-state index in [1.807, 2.05) is 13.8 Å². The molecule has 1 unspecified atom stereocenters. The van der Waals surface area contributed by atoms with Crippen molar-refractivity contribution in [3.8, 4) is 0 Å². The molecule has 0 aromatic rings. The fourth-order valence-electron chi connectivity index (χ4n) is 1.52. The van der Waals surface area contributed by atoms with Gasteiger partial charge in [-0.15, -0.1) is 11.6 Å². The molecule has 1 saturated heterocycles. The van der Waals surface area contributed by atoms with Gasteiger partial charge in [0.15, 0.2) is 0 Å². The lowest BCUT2D eigenvalue weighted by atomic mass is 10.1. The van der Waals surface area contributed by atoms with Crippen molar-refractivity contribution in [1.82, 2.24) is 4.31 Å². The largest absolute Gasteiger partial charge is 0.373 e. The molecular weight excluding hydrogens is 238 g/mol. The Kier molecular flexibility index (Phi) is 4.03. The molecule has 1 rings (SSSR count). The van der Waals surface area contributed by atoms with Crippen LogP contribution in [0.3, 0.4) is 0 Å². The predicted molar refractivity (Wildman–Crippen MR) is 60.7 cm³/mol. The van der Waals surface area contributed by atoms with Crippen molar-refractivity contribution < 1.29 is 13.2 Å². The Bertz CT molecular complexity index is 315. The van der Waals surface area contributed by atoms with Crippen molar-refractivity contribution in [3.05, 3.63) is 0 Å². The monoisotopic (exact) mass is 255 g/mol. The molecular formula is C9H18ClNO3S. The van der Waals surface area contributed by atoms with Crippen molar-refractivity contribution >= 4 is 21.6 Å². The molecule has 0 bridgehead atoms. The lowest BCUT2D eigenvalue weighted by Gasteiger charge is -2.38. The van der Waals surface area contributed by atoms with Crippen LogP contribution in [0.4, 0.5) is 0 Å². The van der Waals surface area contributed by atoms with Crippen molar-refractivity contribution in [2.45, 2.75) is 31.6 Å². The van der Waals surface area contributed by atoms with Crippen LogP contribution in [0, 0.1) is 0 Å². The maximum Gasteiger partial charge on any atom is 0.218 e. The summed E-state index contributed by atoms with van der Waals surface area (Å²) < 4.78 is 30.9. The highest BCUT2D eigenvalue weighted by Gasteiger charge is 2.36. The summed E-state index contributed by atoms with van der Waals surface area (Å²) in [6.07, 6.45) is 0. The number of halogens is 1. The lowest BCUT2D eigenvalue weighted by Crippen LogP contribution is -2.52. The molecule has 1 atom stereocenters. The third-order valence-corrected chi connectivity index (χ3v) is 5.34. The van der Waals surface area contributed by atoms with Gasteiger partial charge >= 0.3 is 0 Å². The number of rotatable bonds is 3. The highest BCUT2D eigenvalue weighted by atomic mass is 35.5. The third kappa shape index (κ3) is 3.06. The maximum atomic E-state index is 12.0. The average molecular weight is 256 g/mol. The van der Waals surface area contributed by atoms with Crippen LogP contribution < -0.4 is 0 Å². The normalized spacial score (nSPS) is 25.1. The summed E-state index contributed by atoms with van der Waals surface area (Å²) in [5.41, 5.74) is -0.405. The number of hydrogen-bond donors (Lipinski definition) is 0. The van der Waals surface area contributed by atoms with Gasteiger partial charge in [-0.2, -0.15) is 4.31 Å². The van der Waals surface area contributed by atoms with Gasteiger partial charge in [0, 0.05) is 19.0 Å². The second-order valence-corrected chi connectivity index (χ2v) is 7.11. The van der Waals surface area contributed by atoms with Gasteiger partial charge in [-0.25, -0.2) is 8.42 Å². The van der Waals surface area contributed by atoms with Crippen molar-refractivity contribution in [1.29, 1.82) is 0 Å². The quantitative estimate of drug-likeness (QED) is 0.709. The Morgan fingerprint density at radius 1 is 1.53 bits per heavy atom. The Morgan fingerprint density at radius 2 is 2.13 bits per heavy atom. The average Bonchev–Trinajstić information content (AvgIpc) is 2.15. The van der Waals surface area contributed by atoms with Crippen LogP contribution >= 0.6 is 11.6 Å². The summed E-state index contributed by atoms with van der Waals surface area (Å²) >= 11 is 5.59. The smallest absolute Gasteiger partial charge is 0.218 e. The summed E-state index contributed by atoms with van der Waals surface area (Å²) in [4.78, 5) is 0. The highest BCUT2D eigenvalue weighted by Crippen LogP contribution is 2.21. The molecule has 6 heteroatoms. The first-order chi connectivity index (χ1) is 6.79. The van der Waals surface area contributed by atoms with E-state index in [2.05, 4.69) is 0 Å². The number of ether oxygens (including phenoxy) is 1. The van der Waals surface area contributed by atoms with E-state index in [1.54, 1.807) is 6.92 Å². The predicted octanol–water partition coefficient (Wildman–Crippen LogP) is 1.05. The number of morpholine rings is 1. The van der Waals surface area contributed by atoms with E-state index in [9.17, 15) is 8.42 Å². The summed E-state index contributed by atoms with van der Waals surface area (Å²) in [5, 5.41) is -0.534. The first-order valence-corrected chi connectivity index (χ1v) is 7.02. The molecule has 1 aliphatic rings. The number of sulfonamides is 1. The minimum atomic E-state index is -3.26. The third-order valence-electron chi connectivity index (χ3n) is 2.48. The second-order valence-electron chi connectivity index (χ2n) is 4.45. The van der Waals surface area contributed by atoms with Crippen molar-refractivity contribution in [2.24, 2.45) is 0 Å². The Morgan fingerprint density at radius 3 is 2.60 bits per heavy atom. The standard InChI is InChI=1S/C9H18ClNO3S/c1-8(6-10)15(12,13)11-4-5-14-9(2,3)7-11/h8H,4-7H2,1-3H3. The second kappa shape index (κ2) is 4.57. The topological polar surface area (TPSA) is 46.6 Å². The molecule has 1 heterocycles. The first kappa shape index (κ1) is 13.2. The number of alkyl halides is 1. The van der Waals surface area contributed by atoms with Crippen LogP contribution in [0.15, 0.2) is 0 Å². The van der Waals surface area contributed by atoms with E-state index in [4.69, 9.17) is 16.3 Å². The maximum absolute atomic E-state index is 12.0. The molecule has 0 aliphatic carbocycles. The zero-order valence-electron chi connectivity index (χ0n) is 9.36. The Hall–Kier alpha value is 0.160. The van der Waals surface area contributed by atoms with Gasteiger partial charge < -0.3 is 4.74 Å². The van der Waals surface area contributed by atoms with Crippen LogP contribution in [0.2, 0.25) is 0 Å². The molecule has 0 aromatic carbocycles. The molecule has 0 N–H and O–H groups in total. The zero-order valence-corrected chi connectivity index (χ0v) is 10.9. The molecule has 0 saturated carbocycles. The molecule has 90 valence electrons. The number of nitrogens with zero attached hydrogens (tertiary/aromatic N) is 1. The Balaban J connectivity index is 2.80. The van der Waals surface area contributed by atoms with E-state index >= 15 is 0 Å². The fourth-order valence-corrected chi connectivity index (χ4v) is 3.49. The molecule has 0 amide bonds. The van der Waals surface area contributed by atoms with Crippen molar-refractivity contribution in [3.63, 3.8) is 0 Å². The van der Waals surface area contributed by atoms with Gasteiger partial charge in [0.2, 0.25) is 10.0 Å². The molecule has 0 aromatic heterocycles.